The monoisotopic (exact) mass is 447 g/mol. The molecule has 1 aromatic carbocycles. The Labute approximate surface area is 154 Å². The predicted octanol–water partition coefficient (Wildman–Crippen LogP) is 3.40. The zero-order chi connectivity index (χ0) is 17.1. The van der Waals surface area contributed by atoms with Gasteiger partial charge in [0.05, 0.1) is 18.2 Å². The maximum atomic E-state index is 5.19. The van der Waals surface area contributed by atoms with Gasteiger partial charge in [-0.1, -0.05) is 12.1 Å². The first-order valence-electron chi connectivity index (χ1n) is 7.14. The molecule has 124 valence electrons. The fourth-order valence-electron chi connectivity index (χ4n) is 2.01. The normalized spacial score (nSPS) is 11.2. The first-order chi connectivity index (χ1) is 12.3. The number of rotatable bonds is 5. The number of benzene rings is 1. The predicted molar refractivity (Wildman–Crippen MR) is 99.8 cm³/mol. The number of aromatic nitrogens is 4. The molecule has 0 fully saturated rings. The third-order valence-electron chi connectivity index (χ3n) is 3.15. The second kappa shape index (κ2) is 6.84. The number of halogens is 1. The molecule has 2 N–H and O–H groups in total. The molecule has 0 atom stereocenters. The Morgan fingerprint density at radius 1 is 1.00 bits per heavy atom. The maximum absolute atomic E-state index is 5.19. The van der Waals surface area contributed by atoms with E-state index in [-0.39, 0.29) is 5.65 Å². The highest BCUT2D eigenvalue weighted by Crippen LogP contribution is 2.26. The van der Waals surface area contributed by atoms with Gasteiger partial charge in [-0.25, -0.2) is 9.61 Å². The molecule has 9 nitrogen and oxygen atoms in total. The van der Waals surface area contributed by atoms with Crippen LogP contribution in [0.2, 0.25) is 0 Å². The van der Waals surface area contributed by atoms with Crippen molar-refractivity contribution >= 4 is 57.4 Å². The van der Waals surface area contributed by atoms with Crippen molar-refractivity contribution in [3.8, 4) is 0 Å². The van der Waals surface area contributed by atoms with Crippen molar-refractivity contribution in [2.75, 3.05) is 10.7 Å². The Morgan fingerprint density at radius 3 is 2.56 bits per heavy atom. The van der Waals surface area contributed by atoms with Gasteiger partial charge in [-0.3, -0.25) is 5.43 Å². The first kappa shape index (κ1) is 15.5. The molecule has 0 bridgehead atoms. The molecule has 4 rings (SSSR count). The Morgan fingerprint density at radius 2 is 1.80 bits per heavy atom. The Hall–Kier alpha value is -3.02. The number of fused-ring (bicyclic) bond motifs is 1. The fraction of sp³-hybridized carbons (Fsp3) is 0. The van der Waals surface area contributed by atoms with Gasteiger partial charge in [-0.2, -0.15) is 10.1 Å². The molecule has 0 saturated heterocycles. The third kappa shape index (κ3) is 3.42. The molecule has 25 heavy (non-hydrogen) atoms. The summed E-state index contributed by atoms with van der Waals surface area (Å²) in [4.78, 5) is 8.71. The van der Waals surface area contributed by atoms with Gasteiger partial charge in [0.2, 0.25) is 11.3 Å². The number of hydrogen-bond acceptors (Lipinski definition) is 9. The van der Waals surface area contributed by atoms with Gasteiger partial charge >= 0.3 is 0 Å². The average molecular weight is 447 g/mol. The van der Waals surface area contributed by atoms with Crippen LogP contribution in [0.4, 0.5) is 17.3 Å². The molecule has 0 aliphatic heterocycles. The lowest BCUT2D eigenvalue weighted by Crippen LogP contribution is -2.04. The van der Waals surface area contributed by atoms with E-state index in [4.69, 9.17) is 4.42 Å². The van der Waals surface area contributed by atoms with E-state index in [2.05, 4.69) is 63.3 Å². The number of nitrogens with zero attached hydrogens (tertiary/aromatic N) is 5. The van der Waals surface area contributed by atoms with Crippen molar-refractivity contribution in [1.29, 1.82) is 0 Å². The number of hydrazone groups is 1. The molecule has 0 radical (unpaired) electrons. The molecule has 0 saturated carbocycles. The SMILES string of the molecule is Ic1ccccc1Nc1nc2nonc2nc1N/N=C\c1ccco1. The van der Waals surface area contributed by atoms with Gasteiger partial charge in [-0.15, -0.1) is 0 Å². The lowest BCUT2D eigenvalue weighted by atomic mass is 10.3. The first-order valence-corrected chi connectivity index (χ1v) is 8.22. The van der Waals surface area contributed by atoms with E-state index in [0.29, 0.717) is 23.0 Å². The van der Waals surface area contributed by atoms with Crippen LogP contribution >= 0.6 is 22.6 Å². The summed E-state index contributed by atoms with van der Waals surface area (Å²) in [6.07, 6.45) is 3.10. The molecule has 3 aromatic heterocycles. The minimum Gasteiger partial charge on any atom is -0.463 e. The van der Waals surface area contributed by atoms with E-state index in [1.165, 1.54) is 6.21 Å². The summed E-state index contributed by atoms with van der Waals surface area (Å²) < 4.78 is 10.9. The molecule has 0 unspecified atom stereocenters. The lowest BCUT2D eigenvalue weighted by Gasteiger charge is -2.10. The van der Waals surface area contributed by atoms with E-state index in [1.807, 2.05) is 24.3 Å². The summed E-state index contributed by atoms with van der Waals surface area (Å²) in [5.41, 5.74) is 4.30. The van der Waals surface area contributed by atoms with E-state index in [0.717, 1.165) is 9.26 Å². The van der Waals surface area contributed by atoms with Crippen LogP contribution in [0.25, 0.3) is 11.3 Å². The van der Waals surface area contributed by atoms with E-state index >= 15 is 0 Å². The third-order valence-corrected chi connectivity index (χ3v) is 4.09. The summed E-state index contributed by atoms with van der Waals surface area (Å²) in [6, 6.07) is 11.4. The van der Waals surface area contributed by atoms with Gasteiger partial charge in [0.15, 0.2) is 11.6 Å². The fourth-order valence-corrected chi connectivity index (χ4v) is 2.54. The summed E-state index contributed by atoms with van der Waals surface area (Å²) in [7, 11) is 0. The minimum atomic E-state index is 0.281. The highest BCUT2D eigenvalue weighted by atomic mass is 127. The molecular formula is C15H10IN7O2. The van der Waals surface area contributed by atoms with Crippen molar-refractivity contribution in [3.63, 3.8) is 0 Å². The van der Waals surface area contributed by atoms with E-state index < -0.39 is 0 Å². The van der Waals surface area contributed by atoms with Crippen LogP contribution in [-0.4, -0.2) is 26.5 Å². The van der Waals surface area contributed by atoms with Gasteiger partial charge in [-0.05, 0) is 57.2 Å². The lowest BCUT2D eigenvalue weighted by molar-refractivity contribution is 0.314. The second-order valence-electron chi connectivity index (χ2n) is 4.82. The van der Waals surface area contributed by atoms with Crippen molar-refractivity contribution in [2.45, 2.75) is 0 Å². The van der Waals surface area contributed by atoms with Crippen LogP contribution in [0.15, 0.2) is 56.8 Å². The number of anilines is 3. The minimum absolute atomic E-state index is 0.281. The topological polar surface area (TPSA) is 114 Å². The van der Waals surface area contributed by atoms with Crippen LogP contribution in [0.1, 0.15) is 5.76 Å². The Bertz CT molecular complexity index is 1030. The van der Waals surface area contributed by atoms with E-state index in [1.54, 1.807) is 18.4 Å². The molecule has 0 aliphatic rings. The van der Waals surface area contributed by atoms with Crippen LogP contribution in [-0.2, 0) is 0 Å². The van der Waals surface area contributed by atoms with Gasteiger partial charge < -0.3 is 9.73 Å². The van der Waals surface area contributed by atoms with E-state index in [9.17, 15) is 0 Å². The van der Waals surface area contributed by atoms with Crippen molar-refractivity contribution < 1.29 is 9.05 Å². The number of para-hydroxylation sites is 1. The molecule has 3 heterocycles. The quantitative estimate of drug-likeness (QED) is 0.272. The largest absolute Gasteiger partial charge is 0.463 e. The molecule has 0 amide bonds. The average Bonchev–Trinajstić information content (AvgIpc) is 3.28. The smallest absolute Gasteiger partial charge is 0.245 e. The summed E-state index contributed by atoms with van der Waals surface area (Å²) in [5.74, 6) is 1.44. The summed E-state index contributed by atoms with van der Waals surface area (Å²) in [6.45, 7) is 0. The van der Waals surface area contributed by atoms with Gasteiger partial charge in [0, 0.05) is 3.57 Å². The second-order valence-corrected chi connectivity index (χ2v) is 5.98. The number of nitrogens with one attached hydrogen (secondary N) is 2. The van der Waals surface area contributed by atoms with Crippen molar-refractivity contribution in [1.82, 2.24) is 20.3 Å². The molecule has 0 spiro atoms. The van der Waals surface area contributed by atoms with Crippen LogP contribution in [0, 0.1) is 3.57 Å². The highest BCUT2D eigenvalue weighted by Gasteiger charge is 2.13. The number of hydrogen-bond donors (Lipinski definition) is 2. The summed E-state index contributed by atoms with van der Waals surface area (Å²) >= 11 is 2.23. The van der Waals surface area contributed by atoms with Crippen molar-refractivity contribution in [2.24, 2.45) is 5.10 Å². The molecule has 4 aromatic rings. The molecule has 10 heteroatoms. The zero-order valence-corrected chi connectivity index (χ0v) is 14.7. The number of furan rings is 1. The standard InChI is InChI=1S/C15H10IN7O2/c16-10-5-1-2-6-11(10)18-12-13(20-15-14(19-12)22-25-23-15)21-17-8-9-4-3-7-24-9/h1-8H,(H,18,19,22)(H,20,21,23)/b17-8-. The van der Waals surface area contributed by atoms with Crippen LogP contribution in [0.5, 0.6) is 0 Å². The Kier molecular flexibility index (Phi) is 4.24. The Balaban J connectivity index is 1.67. The van der Waals surface area contributed by atoms with Crippen LogP contribution in [0.3, 0.4) is 0 Å². The molecule has 0 aliphatic carbocycles. The van der Waals surface area contributed by atoms with Crippen molar-refractivity contribution in [3.05, 3.63) is 52.0 Å². The zero-order valence-electron chi connectivity index (χ0n) is 12.5. The maximum Gasteiger partial charge on any atom is 0.245 e. The molecular weight excluding hydrogens is 437 g/mol. The summed E-state index contributed by atoms with van der Waals surface area (Å²) in [5, 5.41) is 14.8. The van der Waals surface area contributed by atoms with Crippen LogP contribution < -0.4 is 10.7 Å². The van der Waals surface area contributed by atoms with Gasteiger partial charge in [0.25, 0.3) is 0 Å². The van der Waals surface area contributed by atoms with Gasteiger partial charge in [0.1, 0.15) is 5.76 Å². The highest BCUT2D eigenvalue weighted by molar-refractivity contribution is 14.1.